The fraction of sp³-hybridized carbons (Fsp3) is 0.259. The molecule has 0 unspecified atom stereocenters. The predicted octanol–water partition coefficient (Wildman–Crippen LogP) is 6.57. The van der Waals surface area contributed by atoms with Crippen molar-refractivity contribution in [2.45, 2.75) is 29.4 Å². The Morgan fingerprint density at radius 2 is 1.89 bits per heavy atom. The van der Waals surface area contributed by atoms with E-state index in [-0.39, 0.29) is 16.9 Å². The van der Waals surface area contributed by atoms with Crippen LogP contribution in [0.15, 0.2) is 88.3 Å². The Balaban J connectivity index is 1.29. The zero-order chi connectivity index (χ0) is 24.0. The summed E-state index contributed by atoms with van der Waals surface area (Å²) < 4.78 is 35.9. The second-order valence-electron chi connectivity index (χ2n) is 9.19. The molecule has 3 aromatic carbocycles. The summed E-state index contributed by atoms with van der Waals surface area (Å²) in [7, 11) is -3.71. The molecule has 0 spiro atoms. The van der Waals surface area contributed by atoms with Gasteiger partial charge in [-0.1, -0.05) is 46.3 Å². The molecule has 0 aromatic heterocycles. The molecule has 0 radical (unpaired) electrons. The average Bonchev–Trinajstić information content (AvgIpc) is 3.31. The smallest absolute Gasteiger partial charge is 0.261 e. The van der Waals surface area contributed by atoms with E-state index >= 15 is 0 Å². The van der Waals surface area contributed by atoms with E-state index in [1.54, 1.807) is 24.3 Å². The highest BCUT2D eigenvalue weighted by Gasteiger charge is 2.38. The third-order valence-corrected chi connectivity index (χ3v) is 9.94. The van der Waals surface area contributed by atoms with E-state index in [2.05, 4.69) is 56.3 Å². The molecule has 0 bridgehead atoms. The largest absolute Gasteiger partial charge is 0.489 e. The van der Waals surface area contributed by atoms with Crippen LogP contribution in [0.1, 0.15) is 29.5 Å². The van der Waals surface area contributed by atoms with Crippen LogP contribution < -0.4 is 14.8 Å². The normalized spacial score (nSPS) is 23.1. The number of benzene rings is 3. The maximum absolute atomic E-state index is 13.2. The van der Waals surface area contributed by atoms with Gasteiger partial charge in [0.1, 0.15) is 11.9 Å². The van der Waals surface area contributed by atoms with Crippen molar-refractivity contribution >= 4 is 49.1 Å². The first-order valence-electron chi connectivity index (χ1n) is 11.7. The third-order valence-electron chi connectivity index (χ3n) is 6.85. The Labute approximate surface area is 218 Å². The highest BCUT2D eigenvalue weighted by Crippen LogP contribution is 2.50. The van der Waals surface area contributed by atoms with Gasteiger partial charge in [0.15, 0.2) is 0 Å². The Kier molecular flexibility index (Phi) is 6.06. The minimum Gasteiger partial charge on any atom is -0.489 e. The number of ether oxygens (including phenoxy) is 1. The summed E-state index contributed by atoms with van der Waals surface area (Å²) >= 11 is 5.30. The van der Waals surface area contributed by atoms with E-state index in [1.165, 1.54) is 5.56 Å². The first kappa shape index (κ1) is 23.0. The number of halogens is 1. The van der Waals surface area contributed by atoms with Gasteiger partial charge in [0, 0.05) is 33.3 Å². The van der Waals surface area contributed by atoms with Crippen molar-refractivity contribution in [3.8, 4) is 5.75 Å². The summed E-state index contributed by atoms with van der Waals surface area (Å²) in [6, 6.07) is 21.1. The number of anilines is 2. The zero-order valence-corrected chi connectivity index (χ0v) is 22.1. The fourth-order valence-electron chi connectivity index (χ4n) is 5.09. The first-order valence-corrected chi connectivity index (χ1v) is 15.1. The molecule has 2 N–H and O–H groups in total. The van der Waals surface area contributed by atoms with Crippen LogP contribution in [0.25, 0.3) is 0 Å². The lowest BCUT2D eigenvalue weighted by Crippen LogP contribution is -2.31. The standard InChI is InChI=1S/C27H25BrN2O3S2/c28-18-5-2-6-19(13-18)30-35(31,32)22-10-11-26-25(14-22)23-8-3-9-24(23)27(29-26)17-4-1-7-20(12-17)33-21-15-34-16-21/h1-8,10-14,21,23-24,27,29-30H,9,15-16H2/t23-,24+,27+/m0/s1. The summed E-state index contributed by atoms with van der Waals surface area (Å²) in [6.45, 7) is 0. The highest BCUT2D eigenvalue weighted by molar-refractivity contribution is 9.10. The van der Waals surface area contributed by atoms with Crippen molar-refractivity contribution in [1.29, 1.82) is 0 Å². The van der Waals surface area contributed by atoms with Gasteiger partial charge in [-0.25, -0.2) is 8.42 Å². The molecule has 1 saturated heterocycles. The summed E-state index contributed by atoms with van der Waals surface area (Å²) in [5.74, 6) is 3.49. The van der Waals surface area contributed by atoms with E-state index in [0.29, 0.717) is 17.7 Å². The molecule has 5 nitrogen and oxygen atoms in total. The van der Waals surface area contributed by atoms with Crippen LogP contribution in [-0.4, -0.2) is 26.0 Å². The second-order valence-corrected chi connectivity index (χ2v) is 12.9. The number of hydrogen-bond donors (Lipinski definition) is 2. The number of thioether (sulfide) groups is 1. The predicted molar refractivity (Wildman–Crippen MR) is 146 cm³/mol. The number of allylic oxidation sites excluding steroid dienone is 2. The second kappa shape index (κ2) is 9.22. The van der Waals surface area contributed by atoms with Crippen LogP contribution in [0, 0.1) is 5.92 Å². The minimum absolute atomic E-state index is 0.129. The van der Waals surface area contributed by atoms with Gasteiger partial charge in [-0.15, -0.1) is 0 Å². The maximum Gasteiger partial charge on any atom is 0.261 e. The Morgan fingerprint density at radius 1 is 1.03 bits per heavy atom. The van der Waals surface area contributed by atoms with Crippen LogP contribution in [-0.2, 0) is 10.0 Å². The topological polar surface area (TPSA) is 67.4 Å². The van der Waals surface area contributed by atoms with Gasteiger partial charge in [-0.2, -0.15) is 11.8 Å². The van der Waals surface area contributed by atoms with Crippen molar-refractivity contribution in [1.82, 2.24) is 0 Å². The molecule has 0 amide bonds. The molecule has 1 fully saturated rings. The van der Waals surface area contributed by atoms with E-state index in [1.807, 2.05) is 36.0 Å². The molecule has 180 valence electrons. The van der Waals surface area contributed by atoms with Gasteiger partial charge in [0.05, 0.1) is 10.9 Å². The third kappa shape index (κ3) is 4.59. The maximum atomic E-state index is 13.2. The van der Waals surface area contributed by atoms with Gasteiger partial charge in [0.2, 0.25) is 0 Å². The van der Waals surface area contributed by atoms with Crippen molar-refractivity contribution in [2.75, 3.05) is 21.5 Å². The Bertz CT molecular complexity index is 1410. The minimum atomic E-state index is -3.71. The van der Waals surface area contributed by atoms with Crippen molar-refractivity contribution in [3.05, 3.63) is 94.5 Å². The molecular weight excluding hydrogens is 544 g/mol. The van der Waals surface area contributed by atoms with Crippen LogP contribution in [0.2, 0.25) is 0 Å². The van der Waals surface area contributed by atoms with E-state index < -0.39 is 10.0 Å². The monoisotopic (exact) mass is 568 g/mol. The Morgan fingerprint density at radius 3 is 2.69 bits per heavy atom. The lowest BCUT2D eigenvalue weighted by Gasteiger charge is -2.38. The summed E-state index contributed by atoms with van der Waals surface area (Å²) in [6.07, 6.45) is 5.69. The molecule has 3 atom stereocenters. The SMILES string of the molecule is O=S(=O)(Nc1cccc(Br)c1)c1ccc2c(c1)[C@H]1C=CC[C@H]1[C@@H](c1cccc(OC3CSC3)c1)N2. The summed E-state index contributed by atoms with van der Waals surface area (Å²) in [5.41, 5.74) is 3.73. The van der Waals surface area contributed by atoms with Crippen LogP contribution >= 0.6 is 27.7 Å². The van der Waals surface area contributed by atoms with Crippen molar-refractivity contribution in [2.24, 2.45) is 5.92 Å². The van der Waals surface area contributed by atoms with Crippen molar-refractivity contribution < 1.29 is 13.2 Å². The quantitative estimate of drug-likeness (QED) is 0.329. The lowest BCUT2D eigenvalue weighted by molar-refractivity contribution is 0.240. The fourth-order valence-corrected chi connectivity index (χ4v) is 7.14. The molecule has 0 saturated carbocycles. The number of nitrogens with one attached hydrogen (secondary N) is 2. The molecule has 2 heterocycles. The molecule has 3 aliphatic rings. The number of sulfonamides is 1. The van der Waals surface area contributed by atoms with Gasteiger partial charge >= 0.3 is 0 Å². The molecule has 8 heteroatoms. The van der Waals surface area contributed by atoms with Crippen LogP contribution in [0.3, 0.4) is 0 Å². The molecule has 1 aliphatic carbocycles. The van der Waals surface area contributed by atoms with Gasteiger partial charge in [0.25, 0.3) is 10.0 Å². The van der Waals surface area contributed by atoms with Crippen LogP contribution in [0.5, 0.6) is 5.75 Å². The van der Waals surface area contributed by atoms with Crippen LogP contribution in [0.4, 0.5) is 11.4 Å². The van der Waals surface area contributed by atoms with E-state index in [9.17, 15) is 8.42 Å². The Hall–Kier alpha value is -2.42. The zero-order valence-electron chi connectivity index (χ0n) is 18.9. The number of rotatable bonds is 6. The van der Waals surface area contributed by atoms with E-state index in [0.717, 1.165) is 39.4 Å². The number of fused-ring (bicyclic) bond motifs is 3. The lowest BCUT2D eigenvalue weighted by atomic mass is 9.77. The molecule has 2 aliphatic heterocycles. The molecule has 35 heavy (non-hydrogen) atoms. The van der Waals surface area contributed by atoms with Gasteiger partial charge in [-0.05, 0) is 72.0 Å². The molecule has 3 aromatic rings. The average molecular weight is 570 g/mol. The molecular formula is C27H25BrN2O3S2. The van der Waals surface area contributed by atoms with Gasteiger partial charge < -0.3 is 10.1 Å². The molecule has 6 rings (SSSR count). The summed E-state index contributed by atoms with van der Waals surface area (Å²) in [4.78, 5) is 0.268. The number of hydrogen-bond acceptors (Lipinski definition) is 5. The highest BCUT2D eigenvalue weighted by atomic mass is 79.9. The van der Waals surface area contributed by atoms with E-state index in [4.69, 9.17) is 4.74 Å². The first-order chi connectivity index (χ1) is 17.0. The van der Waals surface area contributed by atoms with Crippen molar-refractivity contribution in [3.63, 3.8) is 0 Å². The summed E-state index contributed by atoms with van der Waals surface area (Å²) in [5, 5.41) is 3.71. The van der Waals surface area contributed by atoms with Gasteiger partial charge in [-0.3, -0.25) is 4.72 Å².